The van der Waals surface area contributed by atoms with E-state index in [1.807, 2.05) is 62.4 Å². The molecular formula is C22H16Cl2N4S. The number of benzene rings is 2. The number of aromatic nitrogens is 3. The number of nitrogens with zero attached hydrogens (tertiary/aromatic N) is 3. The summed E-state index contributed by atoms with van der Waals surface area (Å²) in [4.78, 5) is 8.33. The lowest BCUT2D eigenvalue weighted by Gasteiger charge is -2.10. The smallest absolute Gasteiger partial charge is 0.171 e. The van der Waals surface area contributed by atoms with Crippen molar-refractivity contribution in [3.05, 3.63) is 80.4 Å². The summed E-state index contributed by atoms with van der Waals surface area (Å²) in [5.74, 6) is 0. The van der Waals surface area contributed by atoms with Crippen molar-refractivity contribution in [2.24, 2.45) is 0 Å². The molecule has 0 spiro atoms. The number of H-pyrrole nitrogens is 1. The molecule has 7 heteroatoms. The van der Waals surface area contributed by atoms with E-state index >= 15 is 0 Å². The number of aromatic amines is 1. The molecule has 29 heavy (non-hydrogen) atoms. The Labute approximate surface area is 182 Å². The first kappa shape index (κ1) is 19.7. The maximum atomic E-state index is 9.65. The van der Waals surface area contributed by atoms with Crippen molar-refractivity contribution in [3.8, 4) is 11.8 Å². The number of imidazole rings is 1. The van der Waals surface area contributed by atoms with Gasteiger partial charge in [-0.05, 0) is 73.6 Å². The molecule has 4 rings (SSSR count). The predicted molar refractivity (Wildman–Crippen MR) is 121 cm³/mol. The quantitative estimate of drug-likeness (QED) is 0.277. The first-order valence-corrected chi connectivity index (χ1v) is 10.4. The SMILES string of the molecule is Cc1cc(/C=C(\C#N)Sc2nc3ccccc3[nH]2)c(C)n1-c1ccc(Cl)c(Cl)c1. The molecule has 0 bridgehead atoms. The van der Waals surface area contributed by atoms with Crippen LogP contribution in [-0.4, -0.2) is 14.5 Å². The largest absolute Gasteiger partial charge is 0.333 e. The minimum absolute atomic E-state index is 0.506. The number of hydrogen-bond donors (Lipinski definition) is 1. The van der Waals surface area contributed by atoms with Crippen LogP contribution in [0, 0.1) is 25.2 Å². The molecule has 2 aromatic heterocycles. The Morgan fingerprint density at radius 2 is 1.93 bits per heavy atom. The third-order valence-electron chi connectivity index (χ3n) is 4.60. The van der Waals surface area contributed by atoms with Gasteiger partial charge >= 0.3 is 0 Å². The van der Waals surface area contributed by atoms with Gasteiger partial charge in [0.15, 0.2) is 5.16 Å². The number of hydrogen-bond acceptors (Lipinski definition) is 3. The Hall–Kier alpha value is -2.65. The van der Waals surface area contributed by atoms with Gasteiger partial charge in [0, 0.05) is 17.1 Å². The maximum absolute atomic E-state index is 9.65. The highest BCUT2D eigenvalue weighted by Crippen LogP contribution is 2.31. The summed E-state index contributed by atoms with van der Waals surface area (Å²) in [5, 5.41) is 11.4. The van der Waals surface area contributed by atoms with Crippen molar-refractivity contribution >= 4 is 52.1 Å². The summed E-state index contributed by atoms with van der Waals surface area (Å²) in [6.45, 7) is 4.04. The number of rotatable bonds is 4. The third kappa shape index (κ3) is 3.92. The number of para-hydroxylation sites is 2. The van der Waals surface area contributed by atoms with Crippen LogP contribution in [0.15, 0.2) is 58.6 Å². The van der Waals surface area contributed by atoms with Crippen molar-refractivity contribution in [2.45, 2.75) is 19.0 Å². The van der Waals surface area contributed by atoms with Crippen LogP contribution in [0.3, 0.4) is 0 Å². The summed E-state index contributed by atoms with van der Waals surface area (Å²) in [5.41, 5.74) is 5.78. The average Bonchev–Trinajstić information content (AvgIpc) is 3.23. The van der Waals surface area contributed by atoms with Gasteiger partial charge in [0.2, 0.25) is 0 Å². The van der Waals surface area contributed by atoms with Crippen molar-refractivity contribution in [1.29, 1.82) is 5.26 Å². The van der Waals surface area contributed by atoms with Crippen LogP contribution < -0.4 is 0 Å². The Morgan fingerprint density at radius 3 is 2.66 bits per heavy atom. The fourth-order valence-electron chi connectivity index (χ4n) is 3.26. The van der Waals surface area contributed by atoms with E-state index in [-0.39, 0.29) is 0 Å². The van der Waals surface area contributed by atoms with Gasteiger partial charge in [-0.15, -0.1) is 0 Å². The zero-order valence-corrected chi connectivity index (χ0v) is 18.0. The Kier molecular flexibility index (Phi) is 5.42. The third-order valence-corrected chi connectivity index (χ3v) is 6.16. The highest BCUT2D eigenvalue weighted by atomic mass is 35.5. The average molecular weight is 439 g/mol. The monoisotopic (exact) mass is 438 g/mol. The molecule has 2 aromatic carbocycles. The van der Waals surface area contributed by atoms with Gasteiger partial charge in [-0.25, -0.2) is 4.98 Å². The Balaban J connectivity index is 1.69. The van der Waals surface area contributed by atoms with Crippen molar-refractivity contribution in [1.82, 2.24) is 14.5 Å². The van der Waals surface area contributed by atoms with E-state index in [2.05, 4.69) is 20.6 Å². The molecule has 0 saturated heterocycles. The van der Waals surface area contributed by atoms with Gasteiger partial charge in [0.05, 0.1) is 26.0 Å². The second kappa shape index (κ2) is 8.00. The van der Waals surface area contributed by atoms with Crippen LogP contribution in [0.2, 0.25) is 10.0 Å². The van der Waals surface area contributed by atoms with Gasteiger partial charge in [0.1, 0.15) is 6.07 Å². The fourth-order valence-corrected chi connectivity index (χ4v) is 4.30. The van der Waals surface area contributed by atoms with Gasteiger partial charge in [-0.2, -0.15) is 5.26 Å². The summed E-state index contributed by atoms with van der Waals surface area (Å²) >= 11 is 13.6. The second-order valence-corrected chi connectivity index (χ2v) is 8.39. The first-order valence-electron chi connectivity index (χ1n) is 8.85. The van der Waals surface area contributed by atoms with Gasteiger partial charge in [0.25, 0.3) is 0 Å². The van der Waals surface area contributed by atoms with Crippen LogP contribution >= 0.6 is 35.0 Å². The van der Waals surface area contributed by atoms with E-state index in [0.29, 0.717) is 20.1 Å². The Bertz CT molecular complexity index is 1260. The summed E-state index contributed by atoms with van der Waals surface area (Å²) in [6, 6.07) is 17.7. The Morgan fingerprint density at radius 1 is 1.14 bits per heavy atom. The van der Waals surface area contributed by atoms with Crippen LogP contribution in [0.25, 0.3) is 22.8 Å². The molecule has 0 atom stereocenters. The molecule has 1 N–H and O–H groups in total. The standard InChI is InChI=1S/C22H16Cl2N4S/c1-13-9-15(14(2)28(13)16-7-8-18(23)19(24)11-16)10-17(12-25)29-22-26-20-5-3-4-6-21(20)27-22/h3-11H,1-2H3,(H,26,27)/b17-10+. The second-order valence-electron chi connectivity index (χ2n) is 6.54. The molecule has 0 fully saturated rings. The van der Waals surface area contributed by atoms with Crippen molar-refractivity contribution in [2.75, 3.05) is 0 Å². The molecule has 0 amide bonds. The van der Waals surface area contributed by atoms with E-state index in [4.69, 9.17) is 23.2 Å². The van der Waals surface area contributed by atoms with Gasteiger partial charge in [-0.3, -0.25) is 0 Å². The molecular weight excluding hydrogens is 423 g/mol. The fraction of sp³-hybridized carbons (Fsp3) is 0.0909. The highest BCUT2D eigenvalue weighted by Gasteiger charge is 2.13. The number of allylic oxidation sites excluding steroid dienone is 1. The molecule has 4 nitrogen and oxygen atoms in total. The van der Waals surface area contributed by atoms with E-state index < -0.39 is 0 Å². The molecule has 144 valence electrons. The topological polar surface area (TPSA) is 57.4 Å². The maximum Gasteiger partial charge on any atom is 0.171 e. The van der Waals surface area contributed by atoms with Gasteiger partial charge in [-0.1, -0.05) is 35.3 Å². The lowest BCUT2D eigenvalue weighted by atomic mass is 10.2. The van der Waals surface area contributed by atoms with Crippen LogP contribution in [0.4, 0.5) is 0 Å². The predicted octanol–water partition coefficient (Wildman–Crippen LogP) is 6.93. The highest BCUT2D eigenvalue weighted by molar-refractivity contribution is 8.03. The molecule has 0 aliphatic rings. The lowest BCUT2D eigenvalue weighted by molar-refractivity contribution is 0.964. The molecule has 0 aliphatic carbocycles. The van der Waals surface area contributed by atoms with Crippen LogP contribution in [0.1, 0.15) is 17.0 Å². The van der Waals surface area contributed by atoms with E-state index in [0.717, 1.165) is 33.7 Å². The zero-order valence-electron chi connectivity index (χ0n) is 15.7. The molecule has 2 heterocycles. The molecule has 0 aliphatic heterocycles. The number of halogens is 2. The zero-order chi connectivity index (χ0) is 20.5. The van der Waals surface area contributed by atoms with Crippen LogP contribution in [0.5, 0.6) is 0 Å². The first-order chi connectivity index (χ1) is 14.0. The minimum atomic E-state index is 0.506. The van der Waals surface area contributed by atoms with E-state index in [1.165, 1.54) is 11.8 Å². The molecule has 0 unspecified atom stereocenters. The number of thioether (sulfide) groups is 1. The number of aryl methyl sites for hydroxylation is 1. The lowest BCUT2D eigenvalue weighted by Crippen LogP contribution is -1.99. The van der Waals surface area contributed by atoms with Crippen LogP contribution in [-0.2, 0) is 0 Å². The molecule has 0 radical (unpaired) electrons. The molecule has 4 aromatic rings. The van der Waals surface area contributed by atoms with E-state index in [9.17, 15) is 5.26 Å². The normalized spacial score (nSPS) is 11.8. The number of nitriles is 1. The number of fused-ring (bicyclic) bond motifs is 1. The summed E-state index contributed by atoms with van der Waals surface area (Å²) in [7, 11) is 0. The van der Waals surface area contributed by atoms with Gasteiger partial charge < -0.3 is 9.55 Å². The van der Waals surface area contributed by atoms with Crippen molar-refractivity contribution in [3.63, 3.8) is 0 Å². The summed E-state index contributed by atoms with van der Waals surface area (Å²) < 4.78 is 2.09. The molecule has 0 saturated carbocycles. The number of nitrogens with one attached hydrogen (secondary N) is 1. The summed E-state index contributed by atoms with van der Waals surface area (Å²) in [6.07, 6.45) is 1.88. The minimum Gasteiger partial charge on any atom is -0.333 e. The van der Waals surface area contributed by atoms with Crippen molar-refractivity contribution < 1.29 is 0 Å². The van der Waals surface area contributed by atoms with E-state index in [1.54, 1.807) is 6.07 Å².